The molecule has 3 nitrogen and oxygen atoms in total. The number of rotatable bonds is 1. The van der Waals surface area contributed by atoms with Gasteiger partial charge in [0, 0.05) is 5.02 Å². The molecule has 0 amide bonds. The van der Waals surface area contributed by atoms with Crippen LogP contribution in [0.15, 0.2) is 34.7 Å². The van der Waals surface area contributed by atoms with Crippen LogP contribution in [-0.4, -0.2) is 4.98 Å². The largest absolute Gasteiger partial charge is 0.434 e. The average molecular weight is 314 g/mol. The van der Waals surface area contributed by atoms with Crippen molar-refractivity contribution >= 4 is 51.6 Å². The van der Waals surface area contributed by atoms with Crippen molar-refractivity contribution in [3.8, 4) is 11.5 Å². The Labute approximate surface area is 123 Å². The molecule has 0 aliphatic carbocycles. The Morgan fingerprint density at radius 3 is 2.58 bits per heavy atom. The lowest BCUT2D eigenvalue weighted by Crippen LogP contribution is -1.91. The highest BCUT2D eigenvalue weighted by molar-refractivity contribution is 6.37. The molecule has 0 bridgehead atoms. The molecule has 2 N–H and O–H groups in total. The first-order chi connectivity index (χ1) is 9.06. The van der Waals surface area contributed by atoms with Crippen LogP contribution in [0.4, 0.5) is 5.69 Å². The van der Waals surface area contributed by atoms with Crippen LogP contribution >= 0.6 is 34.8 Å². The van der Waals surface area contributed by atoms with E-state index in [1.54, 1.807) is 30.3 Å². The van der Waals surface area contributed by atoms with Crippen LogP contribution in [0.5, 0.6) is 0 Å². The van der Waals surface area contributed by atoms with Crippen molar-refractivity contribution in [1.82, 2.24) is 4.98 Å². The second-order valence-electron chi connectivity index (χ2n) is 3.96. The molecule has 0 unspecified atom stereocenters. The van der Waals surface area contributed by atoms with Crippen LogP contribution in [-0.2, 0) is 0 Å². The van der Waals surface area contributed by atoms with Crippen LogP contribution in [0.2, 0.25) is 15.1 Å². The summed E-state index contributed by atoms with van der Waals surface area (Å²) in [5, 5.41) is 1.31. The lowest BCUT2D eigenvalue weighted by atomic mass is 10.2. The van der Waals surface area contributed by atoms with Crippen molar-refractivity contribution in [3.63, 3.8) is 0 Å². The molecule has 1 heterocycles. The van der Waals surface area contributed by atoms with E-state index in [1.807, 2.05) is 0 Å². The summed E-state index contributed by atoms with van der Waals surface area (Å²) < 4.78 is 5.64. The van der Waals surface area contributed by atoms with E-state index in [0.717, 1.165) is 0 Å². The Balaban J connectivity index is 2.28. The Morgan fingerprint density at radius 1 is 1.05 bits per heavy atom. The number of halogens is 3. The van der Waals surface area contributed by atoms with E-state index in [4.69, 9.17) is 45.0 Å². The molecule has 0 radical (unpaired) electrons. The monoisotopic (exact) mass is 312 g/mol. The fourth-order valence-corrected chi connectivity index (χ4v) is 2.49. The minimum absolute atomic E-state index is 0.338. The lowest BCUT2D eigenvalue weighted by molar-refractivity contribution is 0.620. The second kappa shape index (κ2) is 4.60. The zero-order valence-electron chi connectivity index (χ0n) is 9.45. The van der Waals surface area contributed by atoms with Crippen molar-refractivity contribution < 1.29 is 4.42 Å². The van der Waals surface area contributed by atoms with E-state index < -0.39 is 0 Å². The number of oxazole rings is 1. The SMILES string of the molecule is Nc1c(Cl)cc(Cl)cc1-c1nc2cccc(Cl)c2o1. The molecule has 2 aromatic carbocycles. The van der Waals surface area contributed by atoms with Gasteiger partial charge < -0.3 is 10.2 Å². The molecule has 0 spiro atoms. The van der Waals surface area contributed by atoms with Crippen molar-refractivity contribution in [2.75, 3.05) is 5.73 Å². The maximum Gasteiger partial charge on any atom is 0.229 e. The molecular weight excluding hydrogens is 307 g/mol. The van der Waals surface area contributed by atoms with Crippen LogP contribution < -0.4 is 5.73 Å². The molecule has 96 valence electrons. The van der Waals surface area contributed by atoms with Crippen molar-refractivity contribution in [3.05, 3.63) is 45.4 Å². The van der Waals surface area contributed by atoms with Crippen LogP contribution in [0.1, 0.15) is 0 Å². The maximum atomic E-state index is 6.04. The molecule has 1 aromatic heterocycles. The first-order valence-electron chi connectivity index (χ1n) is 5.36. The van der Waals surface area contributed by atoms with E-state index in [2.05, 4.69) is 4.98 Å². The zero-order chi connectivity index (χ0) is 13.6. The van der Waals surface area contributed by atoms with Gasteiger partial charge in [-0.15, -0.1) is 0 Å². The molecule has 0 aliphatic rings. The van der Waals surface area contributed by atoms with Gasteiger partial charge in [-0.25, -0.2) is 4.98 Å². The number of nitrogens with two attached hydrogens (primary N) is 1. The summed E-state index contributed by atoms with van der Waals surface area (Å²) in [5.74, 6) is 0.338. The third-order valence-electron chi connectivity index (χ3n) is 2.69. The fraction of sp³-hybridized carbons (Fsp3) is 0. The van der Waals surface area contributed by atoms with Gasteiger partial charge in [0.2, 0.25) is 5.89 Å². The van der Waals surface area contributed by atoms with Crippen molar-refractivity contribution in [2.24, 2.45) is 0 Å². The second-order valence-corrected chi connectivity index (χ2v) is 5.21. The Hall–Kier alpha value is -1.42. The van der Waals surface area contributed by atoms with Gasteiger partial charge >= 0.3 is 0 Å². The third-order valence-corrected chi connectivity index (χ3v) is 3.52. The topological polar surface area (TPSA) is 52.0 Å². The molecule has 19 heavy (non-hydrogen) atoms. The predicted octanol–water partition coefficient (Wildman–Crippen LogP) is 5.04. The number of nitrogens with zero attached hydrogens (tertiary/aromatic N) is 1. The van der Waals surface area contributed by atoms with Crippen molar-refractivity contribution in [2.45, 2.75) is 0 Å². The maximum absolute atomic E-state index is 6.04. The summed E-state index contributed by atoms with van der Waals surface area (Å²) in [7, 11) is 0. The number of fused-ring (bicyclic) bond motifs is 1. The predicted molar refractivity (Wildman–Crippen MR) is 78.9 cm³/mol. The number of anilines is 1. The minimum Gasteiger partial charge on any atom is -0.434 e. The number of para-hydroxylation sites is 1. The molecule has 6 heteroatoms. The summed E-state index contributed by atoms with van der Waals surface area (Å²) in [5.41, 5.74) is 7.99. The zero-order valence-corrected chi connectivity index (χ0v) is 11.7. The third kappa shape index (κ3) is 2.14. The molecule has 0 fully saturated rings. The van der Waals surface area contributed by atoms with Gasteiger partial charge in [0.05, 0.1) is 21.3 Å². The fourth-order valence-electron chi connectivity index (χ4n) is 1.79. The van der Waals surface area contributed by atoms with Gasteiger partial charge in [-0.3, -0.25) is 0 Å². The number of nitrogen functional groups attached to an aromatic ring is 1. The molecule has 0 saturated heterocycles. The molecule has 3 aromatic rings. The van der Waals surface area contributed by atoms with Gasteiger partial charge in [0.1, 0.15) is 5.52 Å². The first-order valence-corrected chi connectivity index (χ1v) is 6.49. The summed E-state index contributed by atoms with van der Waals surface area (Å²) in [6.07, 6.45) is 0. The number of aromatic nitrogens is 1. The molecule has 0 atom stereocenters. The minimum atomic E-state index is 0.338. The highest BCUT2D eigenvalue weighted by Crippen LogP contribution is 2.36. The molecule has 3 rings (SSSR count). The highest BCUT2D eigenvalue weighted by Gasteiger charge is 2.15. The van der Waals surface area contributed by atoms with E-state index in [0.29, 0.717) is 43.3 Å². The van der Waals surface area contributed by atoms with Gasteiger partial charge in [0.25, 0.3) is 0 Å². The smallest absolute Gasteiger partial charge is 0.229 e. The highest BCUT2D eigenvalue weighted by atomic mass is 35.5. The Kier molecular flexibility index (Phi) is 3.05. The lowest BCUT2D eigenvalue weighted by Gasteiger charge is -2.04. The van der Waals surface area contributed by atoms with Gasteiger partial charge in [-0.1, -0.05) is 40.9 Å². The normalized spacial score (nSPS) is 11.1. The average Bonchev–Trinajstić information content (AvgIpc) is 2.79. The Bertz CT molecular complexity index is 783. The Morgan fingerprint density at radius 2 is 1.84 bits per heavy atom. The van der Waals surface area contributed by atoms with E-state index >= 15 is 0 Å². The van der Waals surface area contributed by atoms with Gasteiger partial charge in [0.15, 0.2) is 5.58 Å². The summed E-state index contributed by atoms with van der Waals surface area (Å²) in [6.45, 7) is 0. The first kappa shape index (κ1) is 12.6. The summed E-state index contributed by atoms with van der Waals surface area (Å²) in [4.78, 5) is 4.34. The summed E-state index contributed by atoms with van der Waals surface area (Å²) >= 11 is 18.0. The van der Waals surface area contributed by atoms with Crippen molar-refractivity contribution in [1.29, 1.82) is 0 Å². The molecule has 0 saturated carbocycles. The number of hydrogen-bond acceptors (Lipinski definition) is 3. The molecule has 0 aliphatic heterocycles. The standard InChI is InChI=1S/C13H7Cl3N2O/c14-6-4-7(11(17)9(16)5-6)13-18-10-3-1-2-8(15)12(10)19-13/h1-5H,17H2. The number of benzene rings is 2. The van der Waals surface area contributed by atoms with Crippen LogP contribution in [0, 0.1) is 0 Å². The van der Waals surface area contributed by atoms with Crippen LogP contribution in [0.3, 0.4) is 0 Å². The van der Waals surface area contributed by atoms with Gasteiger partial charge in [-0.05, 0) is 24.3 Å². The van der Waals surface area contributed by atoms with E-state index in [-0.39, 0.29) is 0 Å². The van der Waals surface area contributed by atoms with E-state index in [9.17, 15) is 0 Å². The van der Waals surface area contributed by atoms with Gasteiger partial charge in [-0.2, -0.15) is 0 Å². The van der Waals surface area contributed by atoms with E-state index in [1.165, 1.54) is 0 Å². The quantitative estimate of drug-likeness (QED) is 0.640. The summed E-state index contributed by atoms with van der Waals surface area (Å²) in [6, 6.07) is 8.55. The molecular formula is C13H7Cl3N2O. The van der Waals surface area contributed by atoms with Crippen LogP contribution in [0.25, 0.3) is 22.6 Å². The number of hydrogen-bond donors (Lipinski definition) is 1.